The lowest BCUT2D eigenvalue weighted by atomic mass is 9.96. The minimum absolute atomic E-state index is 0.0191. The molecule has 0 spiro atoms. The number of H-pyrrole nitrogens is 1. The molecule has 1 amide bonds. The van der Waals surface area contributed by atoms with Crippen LogP contribution in [0.25, 0.3) is 10.9 Å². The molecule has 0 aliphatic heterocycles. The molecule has 5 nitrogen and oxygen atoms in total. The molecule has 0 radical (unpaired) electrons. The van der Waals surface area contributed by atoms with Crippen LogP contribution in [0.3, 0.4) is 0 Å². The largest absolute Gasteiger partial charge is 0.358 e. The Kier molecular flexibility index (Phi) is 6.89. The van der Waals surface area contributed by atoms with Crippen LogP contribution in [0.5, 0.6) is 0 Å². The Bertz CT molecular complexity index is 1100. The van der Waals surface area contributed by atoms with Crippen LogP contribution in [-0.2, 0) is 22.4 Å². The summed E-state index contributed by atoms with van der Waals surface area (Å²) in [6.07, 6.45) is 7.76. The van der Waals surface area contributed by atoms with Crippen molar-refractivity contribution in [1.29, 1.82) is 0 Å². The number of carbonyl (C=O) groups excluding carboxylic acids is 2. The van der Waals surface area contributed by atoms with Crippen LogP contribution >= 0.6 is 11.6 Å². The van der Waals surface area contributed by atoms with Crippen molar-refractivity contribution in [3.63, 3.8) is 0 Å². The first-order valence-corrected chi connectivity index (χ1v) is 11.5. The van der Waals surface area contributed by atoms with Gasteiger partial charge in [0.2, 0.25) is 5.91 Å². The van der Waals surface area contributed by atoms with E-state index in [1.54, 1.807) is 31.5 Å². The second kappa shape index (κ2) is 9.82. The summed E-state index contributed by atoms with van der Waals surface area (Å²) in [6, 6.07) is 8.20. The minimum atomic E-state index is -0.511. The van der Waals surface area contributed by atoms with Crippen LogP contribution in [-0.4, -0.2) is 27.7 Å². The Morgan fingerprint density at radius 3 is 2.91 bits per heavy atom. The van der Waals surface area contributed by atoms with Crippen molar-refractivity contribution in [2.45, 2.75) is 51.5 Å². The molecule has 0 saturated heterocycles. The lowest BCUT2D eigenvalue weighted by Gasteiger charge is -2.16. The lowest BCUT2D eigenvalue weighted by molar-refractivity contribution is -0.129. The number of rotatable bonds is 8. The Morgan fingerprint density at radius 1 is 1.28 bits per heavy atom. The van der Waals surface area contributed by atoms with Gasteiger partial charge in [0.1, 0.15) is 5.82 Å². The van der Waals surface area contributed by atoms with Gasteiger partial charge in [-0.15, -0.1) is 0 Å². The van der Waals surface area contributed by atoms with Crippen molar-refractivity contribution in [3.8, 4) is 0 Å². The molecule has 2 N–H and O–H groups in total. The first-order valence-electron chi connectivity index (χ1n) is 11.1. The maximum absolute atomic E-state index is 13.4. The van der Waals surface area contributed by atoms with Crippen LogP contribution in [0.4, 0.5) is 4.39 Å². The van der Waals surface area contributed by atoms with E-state index in [-0.39, 0.29) is 22.6 Å². The number of Topliss-reactive ketones (excluding diaryl/α,β-unsaturated/α-hetero) is 1. The number of aromatic nitrogens is 2. The predicted molar refractivity (Wildman–Crippen MR) is 123 cm³/mol. The van der Waals surface area contributed by atoms with Crippen molar-refractivity contribution in [2.75, 3.05) is 0 Å². The molecule has 32 heavy (non-hydrogen) atoms. The first kappa shape index (κ1) is 22.5. The number of pyridine rings is 1. The molecule has 1 aliphatic rings. The summed E-state index contributed by atoms with van der Waals surface area (Å²) in [5.74, 6) is -0.186. The maximum Gasteiger partial charge on any atom is 0.223 e. The third-order valence-corrected chi connectivity index (χ3v) is 6.67. The van der Waals surface area contributed by atoms with Crippen molar-refractivity contribution in [3.05, 3.63) is 64.8 Å². The smallest absolute Gasteiger partial charge is 0.223 e. The van der Waals surface area contributed by atoms with Crippen molar-refractivity contribution < 1.29 is 14.0 Å². The Morgan fingerprint density at radius 2 is 2.12 bits per heavy atom. The topological polar surface area (TPSA) is 74.8 Å². The molecule has 4 rings (SSSR count). The van der Waals surface area contributed by atoms with Crippen molar-refractivity contribution in [1.82, 2.24) is 15.3 Å². The number of carbonyl (C=O) groups is 2. The summed E-state index contributed by atoms with van der Waals surface area (Å²) in [5.41, 5.74) is 2.97. The number of aromatic amines is 1. The van der Waals surface area contributed by atoms with Gasteiger partial charge in [0.05, 0.1) is 11.1 Å². The fourth-order valence-corrected chi connectivity index (χ4v) is 4.75. The number of fused-ring (bicyclic) bond motifs is 1. The summed E-state index contributed by atoms with van der Waals surface area (Å²) in [7, 11) is 0. The zero-order chi connectivity index (χ0) is 22.7. The number of nitrogens with one attached hydrogen (secondary N) is 2. The molecule has 3 aromatic rings. The van der Waals surface area contributed by atoms with Gasteiger partial charge in [0.15, 0.2) is 5.78 Å². The number of aryl methyl sites for hydroxylation is 1. The fraction of sp³-hybridized carbons (Fsp3) is 0.400. The van der Waals surface area contributed by atoms with Crippen LogP contribution in [0.15, 0.2) is 42.7 Å². The average molecular weight is 456 g/mol. The second-order valence-electron chi connectivity index (χ2n) is 8.78. The van der Waals surface area contributed by atoms with Gasteiger partial charge in [-0.2, -0.15) is 0 Å². The van der Waals surface area contributed by atoms with E-state index in [0.29, 0.717) is 18.8 Å². The van der Waals surface area contributed by atoms with E-state index in [4.69, 9.17) is 11.6 Å². The molecule has 0 bridgehead atoms. The van der Waals surface area contributed by atoms with Crippen LogP contribution in [0.1, 0.15) is 43.9 Å². The Labute approximate surface area is 191 Å². The van der Waals surface area contributed by atoms with Gasteiger partial charge >= 0.3 is 0 Å². The summed E-state index contributed by atoms with van der Waals surface area (Å²) in [6.45, 7) is 1.75. The number of halogens is 2. The number of hydrogen-bond acceptors (Lipinski definition) is 3. The highest BCUT2D eigenvalue weighted by Crippen LogP contribution is 2.34. The van der Waals surface area contributed by atoms with Crippen LogP contribution < -0.4 is 5.32 Å². The number of hydrogen-bond donors (Lipinski definition) is 2. The van der Waals surface area contributed by atoms with Gasteiger partial charge in [-0.1, -0.05) is 17.7 Å². The quantitative estimate of drug-likeness (QED) is 0.500. The highest BCUT2D eigenvalue weighted by Gasteiger charge is 2.31. The molecule has 1 fully saturated rings. The van der Waals surface area contributed by atoms with Gasteiger partial charge in [0.25, 0.3) is 0 Å². The second-order valence-corrected chi connectivity index (χ2v) is 9.19. The number of ketones is 1. The number of amides is 1. The number of nitrogens with zero attached hydrogens (tertiary/aromatic N) is 1. The van der Waals surface area contributed by atoms with E-state index in [9.17, 15) is 14.0 Å². The Balaban J connectivity index is 1.23. The molecule has 1 saturated carbocycles. The van der Waals surface area contributed by atoms with Gasteiger partial charge in [0, 0.05) is 41.3 Å². The first-order chi connectivity index (χ1) is 15.4. The van der Waals surface area contributed by atoms with Gasteiger partial charge < -0.3 is 10.3 Å². The van der Waals surface area contributed by atoms with Crippen molar-refractivity contribution in [2.24, 2.45) is 11.8 Å². The zero-order valence-corrected chi connectivity index (χ0v) is 18.8. The summed E-state index contributed by atoms with van der Waals surface area (Å²) < 4.78 is 13.4. The minimum Gasteiger partial charge on any atom is -0.358 e. The molecule has 2 heterocycles. The maximum atomic E-state index is 13.4. The molecular weight excluding hydrogens is 429 g/mol. The van der Waals surface area contributed by atoms with Crippen LogP contribution in [0.2, 0.25) is 5.02 Å². The van der Waals surface area contributed by atoms with E-state index in [1.807, 2.05) is 12.1 Å². The predicted octanol–water partition coefficient (Wildman–Crippen LogP) is 5.02. The highest BCUT2D eigenvalue weighted by molar-refractivity contribution is 6.30. The van der Waals surface area contributed by atoms with Gasteiger partial charge in [-0.05, 0) is 74.8 Å². The molecule has 0 unspecified atom stereocenters. The van der Waals surface area contributed by atoms with Gasteiger partial charge in [-0.25, -0.2) is 4.39 Å². The molecular formula is C25H27ClFN3O2. The standard InChI is InChI=1S/C25H27ClFN3O2/c1-15(24(31)7-5-20-13-19-14-28-9-8-23(19)30-20)29-25(32)18-4-2-16(11-18)10-17-3-6-22(27)21(26)12-17/h3,6,8-9,12-16,18,30H,2,4-5,7,10-11H2,1H3,(H,29,32)/t15-,16-,18+/m0/s1. The third kappa shape index (κ3) is 5.36. The van der Waals surface area contributed by atoms with E-state index >= 15 is 0 Å². The summed E-state index contributed by atoms with van der Waals surface area (Å²) in [4.78, 5) is 32.7. The monoisotopic (exact) mass is 455 g/mol. The fourth-order valence-electron chi connectivity index (χ4n) is 4.55. The Hall–Kier alpha value is -2.73. The summed E-state index contributed by atoms with van der Waals surface area (Å²) >= 11 is 5.87. The van der Waals surface area contributed by atoms with E-state index < -0.39 is 11.9 Å². The number of benzene rings is 1. The SMILES string of the molecule is C[C@H](NC(=O)[C@@H]1CC[C@@H](Cc2ccc(F)c(Cl)c2)C1)C(=O)CCc1cc2cnccc2[nH]1. The van der Waals surface area contributed by atoms with E-state index in [0.717, 1.165) is 47.8 Å². The average Bonchev–Trinajstić information content (AvgIpc) is 3.41. The molecule has 2 aromatic heterocycles. The van der Waals surface area contributed by atoms with E-state index in [2.05, 4.69) is 15.3 Å². The van der Waals surface area contributed by atoms with Gasteiger partial charge in [-0.3, -0.25) is 14.6 Å². The van der Waals surface area contributed by atoms with Crippen molar-refractivity contribution >= 4 is 34.2 Å². The highest BCUT2D eigenvalue weighted by atomic mass is 35.5. The molecule has 3 atom stereocenters. The zero-order valence-electron chi connectivity index (χ0n) is 18.0. The summed E-state index contributed by atoms with van der Waals surface area (Å²) in [5, 5.41) is 4.06. The molecule has 1 aromatic carbocycles. The third-order valence-electron chi connectivity index (χ3n) is 6.38. The lowest BCUT2D eigenvalue weighted by Crippen LogP contribution is -2.41. The van der Waals surface area contributed by atoms with E-state index in [1.165, 1.54) is 6.07 Å². The van der Waals surface area contributed by atoms with Crippen LogP contribution in [0, 0.1) is 17.7 Å². The normalized spacial score (nSPS) is 19.2. The molecule has 1 aliphatic carbocycles. The molecule has 7 heteroatoms. The molecule has 168 valence electrons.